The summed E-state index contributed by atoms with van der Waals surface area (Å²) in [6, 6.07) is 10.3. The fourth-order valence-corrected chi connectivity index (χ4v) is 4.10. The minimum atomic E-state index is -0.502. The molecule has 0 radical (unpaired) electrons. The van der Waals surface area contributed by atoms with E-state index in [-0.39, 0.29) is 23.6 Å². The van der Waals surface area contributed by atoms with Crippen molar-refractivity contribution >= 4 is 5.91 Å². The average molecular weight is 295 g/mol. The lowest BCUT2D eigenvalue weighted by molar-refractivity contribution is -0.138. The van der Waals surface area contributed by atoms with Crippen LogP contribution in [0.3, 0.4) is 0 Å². The number of nitrogens with zero attached hydrogens (tertiary/aromatic N) is 1. The molecule has 1 aliphatic carbocycles. The van der Waals surface area contributed by atoms with E-state index in [9.17, 15) is 4.79 Å². The number of amides is 1. The van der Waals surface area contributed by atoms with Gasteiger partial charge in [0.25, 0.3) is 0 Å². The van der Waals surface area contributed by atoms with Crippen molar-refractivity contribution in [3.8, 4) is 0 Å². The predicted molar refractivity (Wildman–Crippen MR) is 85.0 cm³/mol. The molecule has 0 bridgehead atoms. The third-order valence-electron chi connectivity index (χ3n) is 5.20. The fourth-order valence-electron chi connectivity index (χ4n) is 4.10. The molecule has 3 aliphatic rings. The van der Waals surface area contributed by atoms with E-state index in [1.807, 2.05) is 35.3 Å². The lowest BCUT2D eigenvalue weighted by atomic mass is 9.70. The van der Waals surface area contributed by atoms with Crippen molar-refractivity contribution in [3.05, 3.63) is 60.2 Å². The van der Waals surface area contributed by atoms with Crippen LogP contribution in [0, 0.1) is 11.3 Å². The Bertz CT molecular complexity index is 661. The molecule has 0 unspecified atom stereocenters. The Morgan fingerprint density at radius 2 is 2.00 bits per heavy atom. The molecule has 0 saturated carbocycles. The predicted octanol–water partition coefficient (Wildman–Crippen LogP) is 2.93. The zero-order chi connectivity index (χ0) is 15.4. The molecule has 2 aliphatic heterocycles. The van der Waals surface area contributed by atoms with E-state index in [0.717, 1.165) is 6.42 Å². The van der Waals surface area contributed by atoms with Gasteiger partial charge in [-0.25, -0.2) is 0 Å². The van der Waals surface area contributed by atoms with Crippen LogP contribution in [0.5, 0.6) is 0 Å². The molecule has 0 aromatic heterocycles. The first-order valence-electron chi connectivity index (χ1n) is 7.90. The summed E-state index contributed by atoms with van der Waals surface area (Å²) >= 11 is 0. The normalized spacial score (nSPS) is 34.8. The van der Waals surface area contributed by atoms with E-state index in [0.29, 0.717) is 6.61 Å². The smallest absolute Gasteiger partial charge is 0.236 e. The van der Waals surface area contributed by atoms with E-state index >= 15 is 0 Å². The molecule has 2 fully saturated rings. The van der Waals surface area contributed by atoms with Crippen LogP contribution in [0.15, 0.2) is 54.6 Å². The van der Waals surface area contributed by atoms with Crippen LogP contribution in [0.25, 0.3) is 0 Å². The van der Waals surface area contributed by atoms with Crippen LogP contribution < -0.4 is 0 Å². The van der Waals surface area contributed by atoms with Gasteiger partial charge in [-0.3, -0.25) is 4.79 Å². The zero-order valence-corrected chi connectivity index (χ0v) is 13.0. The summed E-state index contributed by atoms with van der Waals surface area (Å²) in [7, 11) is 0. The number of carbonyl (C=O) groups is 1. The standard InChI is InChI=1S/C19H21NO2/c1-18(2)13-22-16-15-10-6-7-11-19(15,17(21)20(16)18)12-14-8-4-3-5-9-14/h3-11,15-16H,12-13H2,1-2H3/t15-,16-,19+/m1/s1. The molecule has 2 heterocycles. The lowest BCUT2D eigenvalue weighted by Gasteiger charge is -2.33. The van der Waals surface area contributed by atoms with Gasteiger partial charge in [0.15, 0.2) is 0 Å². The molecule has 3 nitrogen and oxygen atoms in total. The highest BCUT2D eigenvalue weighted by molar-refractivity contribution is 5.90. The Balaban J connectivity index is 1.78. The van der Waals surface area contributed by atoms with Crippen molar-refractivity contribution in [3.63, 3.8) is 0 Å². The van der Waals surface area contributed by atoms with Crippen LogP contribution in [0.1, 0.15) is 19.4 Å². The van der Waals surface area contributed by atoms with Crippen LogP contribution >= 0.6 is 0 Å². The maximum absolute atomic E-state index is 13.3. The number of rotatable bonds is 2. The summed E-state index contributed by atoms with van der Waals surface area (Å²) in [5.74, 6) is 0.293. The van der Waals surface area contributed by atoms with Crippen molar-refractivity contribution in [1.29, 1.82) is 0 Å². The number of ether oxygens (including phenoxy) is 1. The van der Waals surface area contributed by atoms with Crippen molar-refractivity contribution in [1.82, 2.24) is 4.90 Å². The van der Waals surface area contributed by atoms with Gasteiger partial charge in [0.05, 0.1) is 17.6 Å². The van der Waals surface area contributed by atoms with Crippen LogP contribution in [0.2, 0.25) is 0 Å². The summed E-state index contributed by atoms with van der Waals surface area (Å²) in [4.78, 5) is 15.3. The highest BCUT2D eigenvalue weighted by Gasteiger charge is 2.63. The molecule has 1 aromatic carbocycles. The summed E-state index contributed by atoms with van der Waals surface area (Å²) in [5.41, 5.74) is 0.461. The number of hydrogen-bond donors (Lipinski definition) is 0. The summed E-state index contributed by atoms with van der Waals surface area (Å²) in [6.45, 7) is 4.79. The molecule has 1 amide bonds. The first-order valence-corrected chi connectivity index (χ1v) is 7.90. The van der Waals surface area contributed by atoms with Crippen molar-refractivity contribution < 1.29 is 9.53 Å². The fraction of sp³-hybridized carbons (Fsp3) is 0.421. The molecule has 2 saturated heterocycles. The van der Waals surface area contributed by atoms with Crippen LogP contribution in [0.4, 0.5) is 0 Å². The topological polar surface area (TPSA) is 29.5 Å². The van der Waals surface area contributed by atoms with Gasteiger partial charge in [0.1, 0.15) is 6.23 Å². The van der Waals surface area contributed by atoms with Crippen molar-refractivity contribution in [2.24, 2.45) is 11.3 Å². The first kappa shape index (κ1) is 13.8. The Morgan fingerprint density at radius 1 is 1.23 bits per heavy atom. The number of benzene rings is 1. The quantitative estimate of drug-likeness (QED) is 0.839. The Kier molecular flexibility index (Phi) is 2.85. The average Bonchev–Trinajstić information content (AvgIpc) is 2.95. The maximum atomic E-state index is 13.3. The lowest BCUT2D eigenvalue weighted by Crippen LogP contribution is -2.47. The molecule has 3 atom stereocenters. The number of fused-ring (bicyclic) bond motifs is 3. The van der Waals surface area contributed by atoms with E-state index < -0.39 is 5.41 Å². The van der Waals surface area contributed by atoms with E-state index in [1.54, 1.807) is 0 Å². The molecule has 22 heavy (non-hydrogen) atoms. The van der Waals surface area contributed by atoms with Crippen molar-refractivity contribution in [2.45, 2.75) is 32.0 Å². The second-order valence-electron chi connectivity index (χ2n) is 7.16. The largest absolute Gasteiger partial charge is 0.355 e. The molecule has 1 aromatic rings. The molecule has 3 heteroatoms. The minimum absolute atomic E-state index is 0.0898. The highest BCUT2D eigenvalue weighted by Crippen LogP contribution is 2.52. The van der Waals surface area contributed by atoms with E-state index in [2.05, 4.69) is 38.1 Å². The zero-order valence-electron chi connectivity index (χ0n) is 13.0. The van der Waals surface area contributed by atoms with Gasteiger partial charge in [-0.05, 0) is 25.8 Å². The van der Waals surface area contributed by atoms with E-state index in [1.165, 1.54) is 5.56 Å². The molecular weight excluding hydrogens is 274 g/mol. The first-order chi connectivity index (χ1) is 10.5. The van der Waals surface area contributed by atoms with Crippen molar-refractivity contribution in [2.75, 3.05) is 6.61 Å². The molecule has 114 valence electrons. The number of allylic oxidation sites excluding steroid dienone is 2. The summed E-state index contributed by atoms with van der Waals surface area (Å²) in [6.07, 6.45) is 8.88. The van der Waals surface area contributed by atoms with Gasteiger partial charge in [-0.1, -0.05) is 54.6 Å². The van der Waals surface area contributed by atoms with Gasteiger partial charge < -0.3 is 9.64 Å². The highest BCUT2D eigenvalue weighted by atomic mass is 16.5. The second kappa shape index (κ2) is 4.56. The van der Waals surface area contributed by atoms with Crippen LogP contribution in [-0.4, -0.2) is 29.2 Å². The monoisotopic (exact) mass is 295 g/mol. The van der Waals surface area contributed by atoms with E-state index in [4.69, 9.17) is 4.74 Å². The number of hydrogen-bond acceptors (Lipinski definition) is 2. The van der Waals surface area contributed by atoms with Gasteiger partial charge in [0, 0.05) is 5.92 Å². The Labute approximate surface area is 131 Å². The van der Waals surface area contributed by atoms with Gasteiger partial charge in [-0.15, -0.1) is 0 Å². The third-order valence-corrected chi connectivity index (χ3v) is 5.20. The molecule has 0 spiro atoms. The SMILES string of the molecule is CC1(C)CO[C@@H]2[C@H]3C=CC=C[C@@]3(Cc3ccccc3)C(=O)N21. The van der Waals surface area contributed by atoms with Gasteiger partial charge in [0.2, 0.25) is 5.91 Å². The molecule has 0 N–H and O–H groups in total. The summed E-state index contributed by atoms with van der Waals surface area (Å²) < 4.78 is 6.01. The van der Waals surface area contributed by atoms with Gasteiger partial charge >= 0.3 is 0 Å². The number of carbonyl (C=O) groups excluding carboxylic acids is 1. The molecule has 4 rings (SSSR count). The third kappa shape index (κ3) is 1.75. The Morgan fingerprint density at radius 3 is 2.77 bits per heavy atom. The van der Waals surface area contributed by atoms with Gasteiger partial charge in [-0.2, -0.15) is 0 Å². The summed E-state index contributed by atoms with van der Waals surface area (Å²) in [5, 5.41) is 0. The maximum Gasteiger partial charge on any atom is 0.236 e. The Hall–Kier alpha value is -1.87. The van der Waals surface area contributed by atoms with Crippen LogP contribution in [-0.2, 0) is 16.0 Å². The minimum Gasteiger partial charge on any atom is -0.355 e. The second-order valence-corrected chi connectivity index (χ2v) is 7.16. The molecular formula is C19H21NO2.